The van der Waals surface area contributed by atoms with E-state index in [0.29, 0.717) is 10.7 Å². The molecule has 2 aromatic carbocycles. The molecule has 1 aliphatic rings. The first-order chi connectivity index (χ1) is 14.1. The summed E-state index contributed by atoms with van der Waals surface area (Å²) >= 11 is 7.09. The number of aryl methyl sites for hydroxylation is 1. The number of carbonyl (C=O) groups excluding carboxylic acids is 2. The Balaban J connectivity index is 1.74. The van der Waals surface area contributed by atoms with Gasteiger partial charge in [0.25, 0.3) is 0 Å². The lowest BCUT2D eigenvalue weighted by atomic mass is 10.2. The van der Waals surface area contributed by atoms with Crippen LogP contribution in [0.5, 0.6) is 0 Å². The number of carbonyl (C=O) groups is 2. The molecule has 0 saturated carbocycles. The summed E-state index contributed by atoms with van der Waals surface area (Å²) in [7, 11) is 1.45. The summed E-state index contributed by atoms with van der Waals surface area (Å²) in [5.41, 5.74) is 0.569. The number of hydrogen-bond donors (Lipinski definition) is 1. The minimum atomic E-state index is -4.47. The van der Waals surface area contributed by atoms with Crippen molar-refractivity contribution in [1.82, 2.24) is 0 Å². The number of halogens is 4. The molecule has 10 heteroatoms. The number of nitrogens with zero attached hydrogens (tertiary/aromatic N) is 2. The molecule has 1 N–H and O–H groups in total. The largest absolute Gasteiger partial charge is 0.416 e. The zero-order valence-electron chi connectivity index (χ0n) is 16.0. The molecular weight excluding hydrogens is 439 g/mol. The molecule has 1 saturated heterocycles. The molecule has 0 aromatic heterocycles. The van der Waals surface area contributed by atoms with E-state index >= 15 is 0 Å². The monoisotopic (exact) mass is 455 g/mol. The van der Waals surface area contributed by atoms with Crippen molar-refractivity contribution >= 4 is 51.7 Å². The maximum atomic E-state index is 12.9. The van der Waals surface area contributed by atoms with Crippen LogP contribution < -0.4 is 10.2 Å². The number of thioether (sulfide) groups is 1. The Morgan fingerprint density at radius 3 is 2.60 bits per heavy atom. The van der Waals surface area contributed by atoms with Gasteiger partial charge in [0.15, 0.2) is 5.17 Å². The van der Waals surface area contributed by atoms with Gasteiger partial charge >= 0.3 is 6.18 Å². The second-order valence-electron chi connectivity index (χ2n) is 6.54. The first-order valence-electron chi connectivity index (χ1n) is 8.81. The summed E-state index contributed by atoms with van der Waals surface area (Å²) in [4.78, 5) is 30.3. The van der Waals surface area contributed by atoms with E-state index < -0.39 is 22.9 Å². The van der Waals surface area contributed by atoms with E-state index in [-0.39, 0.29) is 23.2 Å². The van der Waals surface area contributed by atoms with Crippen molar-refractivity contribution in [2.45, 2.75) is 24.8 Å². The van der Waals surface area contributed by atoms with E-state index in [1.54, 1.807) is 18.2 Å². The number of imide groups is 1. The summed E-state index contributed by atoms with van der Waals surface area (Å²) in [6.07, 6.45) is -4.53. The average molecular weight is 456 g/mol. The van der Waals surface area contributed by atoms with Crippen LogP contribution in [-0.4, -0.2) is 29.3 Å². The summed E-state index contributed by atoms with van der Waals surface area (Å²) in [6.45, 7) is 1.81. The van der Waals surface area contributed by atoms with Gasteiger partial charge in [-0.1, -0.05) is 35.5 Å². The Morgan fingerprint density at radius 2 is 1.97 bits per heavy atom. The molecule has 1 aliphatic heterocycles. The maximum Gasteiger partial charge on any atom is 0.416 e. The summed E-state index contributed by atoms with van der Waals surface area (Å²) in [6, 6.07) is 9.56. The molecule has 0 bridgehead atoms. The van der Waals surface area contributed by atoms with Crippen molar-refractivity contribution in [3.05, 3.63) is 58.6 Å². The number of amides is 2. The minimum Gasteiger partial charge on any atom is -0.335 e. The van der Waals surface area contributed by atoms with E-state index in [1.165, 1.54) is 19.2 Å². The van der Waals surface area contributed by atoms with Crippen LogP contribution >= 0.6 is 23.4 Å². The molecule has 5 nitrogen and oxygen atoms in total. The molecule has 158 valence electrons. The topological polar surface area (TPSA) is 61.8 Å². The normalized spacial score (nSPS) is 17.6. The fourth-order valence-corrected chi connectivity index (χ4v) is 4.02. The number of rotatable bonds is 3. The molecule has 1 fully saturated rings. The number of benzene rings is 2. The lowest BCUT2D eigenvalue weighted by Gasteiger charge is -2.16. The van der Waals surface area contributed by atoms with Gasteiger partial charge in [0.05, 0.1) is 11.3 Å². The predicted octanol–water partition coefficient (Wildman–Crippen LogP) is 5.13. The van der Waals surface area contributed by atoms with Crippen molar-refractivity contribution in [2.75, 3.05) is 17.3 Å². The molecule has 2 aromatic rings. The predicted molar refractivity (Wildman–Crippen MR) is 113 cm³/mol. The van der Waals surface area contributed by atoms with Crippen molar-refractivity contribution in [2.24, 2.45) is 4.99 Å². The Kier molecular flexibility index (Phi) is 6.42. The van der Waals surface area contributed by atoms with Crippen LogP contribution in [0.2, 0.25) is 5.02 Å². The number of anilines is 2. The highest BCUT2D eigenvalue weighted by Gasteiger charge is 2.41. The lowest BCUT2D eigenvalue weighted by Crippen LogP contribution is -2.31. The molecular formula is C20H17ClF3N3O2S. The molecule has 30 heavy (non-hydrogen) atoms. The molecule has 2 amide bonds. The highest BCUT2D eigenvalue weighted by Crippen LogP contribution is 2.34. The van der Waals surface area contributed by atoms with E-state index in [1.807, 2.05) is 6.92 Å². The van der Waals surface area contributed by atoms with Gasteiger partial charge in [0, 0.05) is 24.2 Å². The van der Waals surface area contributed by atoms with Gasteiger partial charge < -0.3 is 5.32 Å². The summed E-state index contributed by atoms with van der Waals surface area (Å²) in [5, 5.41) is 2.69. The second-order valence-corrected chi connectivity index (χ2v) is 8.14. The molecule has 1 atom stereocenters. The standard InChI is InChI=1S/C20H17ClF3N3O2S/c1-11-6-7-14(9-15(11)21)27-17(28)10-16(18(27)29)30-19(25-2)26-13-5-3-4-12(8-13)20(22,23)24/h3-9,16H,10H2,1-2H3,(H,25,26)/t16-/m0/s1. The highest BCUT2D eigenvalue weighted by atomic mass is 35.5. The number of aliphatic imine (C=N–C) groups is 1. The molecule has 1 heterocycles. The van der Waals surface area contributed by atoms with Crippen molar-refractivity contribution in [1.29, 1.82) is 0 Å². The summed E-state index contributed by atoms with van der Waals surface area (Å²) in [5.74, 6) is -0.816. The van der Waals surface area contributed by atoms with Crippen LogP contribution in [0.3, 0.4) is 0 Å². The average Bonchev–Trinajstić information content (AvgIpc) is 2.96. The Labute approximate surface area is 180 Å². The number of nitrogens with one attached hydrogen (secondary N) is 1. The van der Waals surface area contributed by atoms with Gasteiger partial charge in [-0.3, -0.25) is 14.6 Å². The smallest absolute Gasteiger partial charge is 0.335 e. The molecule has 0 aliphatic carbocycles. The maximum absolute atomic E-state index is 12.9. The SMILES string of the molecule is CN=C(Nc1cccc(C(F)(F)F)c1)S[C@H]1CC(=O)N(c2ccc(C)c(Cl)c2)C1=O. The third-order valence-electron chi connectivity index (χ3n) is 4.42. The van der Waals surface area contributed by atoms with E-state index in [9.17, 15) is 22.8 Å². The van der Waals surface area contributed by atoms with Gasteiger partial charge in [-0.15, -0.1) is 0 Å². The van der Waals surface area contributed by atoms with Crippen LogP contribution in [0.25, 0.3) is 0 Å². The third-order valence-corrected chi connectivity index (χ3v) is 5.98. The van der Waals surface area contributed by atoms with Gasteiger partial charge in [-0.2, -0.15) is 13.2 Å². The zero-order chi connectivity index (χ0) is 22.1. The van der Waals surface area contributed by atoms with Gasteiger partial charge in [-0.25, -0.2) is 4.90 Å². The fraction of sp³-hybridized carbons (Fsp3) is 0.250. The van der Waals surface area contributed by atoms with E-state index in [2.05, 4.69) is 10.3 Å². The van der Waals surface area contributed by atoms with Gasteiger partial charge in [0.2, 0.25) is 11.8 Å². The zero-order valence-corrected chi connectivity index (χ0v) is 17.5. The fourth-order valence-electron chi connectivity index (χ4n) is 2.86. The third kappa shape index (κ3) is 4.79. The Bertz CT molecular complexity index is 1030. The first kappa shape index (κ1) is 22.2. The van der Waals surface area contributed by atoms with Crippen LogP contribution in [0.15, 0.2) is 47.5 Å². The number of amidine groups is 1. The molecule has 3 rings (SSSR count). The van der Waals surface area contributed by atoms with Gasteiger partial charge in [0.1, 0.15) is 5.25 Å². The summed E-state index contributed by atoms with van der Waals surface area (Å²) < 4.78 is 38.7. The molecule has 0 radical (unpaired) electrons. The van der Waals surface area contributed by atoms with Crippen LogP contribution in [0, 0.1) is 6.92 Å². The van der Waals surface area contributed by atoms with Crippen LogP contribution in [0.1, 0.15) is 17.5 Å². The van der Waals surface area contributed by atoms with Crippen LogP contribution in [-0.2, 0) is 15.8 Å². The Morgan fingerprint density at radius 1 is 1.23 bits per heavy atom. The molecule has 0 unspecified atom stereocenters. The first-order valence-corrected chi connectivity index (χ1v) is 10.1. The second kappa shape index (κ2) is 8.69. The molecule has 0 spiro atoms. The van der Waals surface area contributed by atoms with Gasteiger partial charge in [-0.05, 0) is 42.8 Å². The minimum absolute atomic E-state index is 0.0573. The van der Waals surface area contributed by atoms with E-state index in [0.717, 1.165) is 34.4 Å². The highest BCUT2D eigenvalue weighted by molar-refractivity contribution is 8.15. The Hall–Kier alpha value is -2.52. The lowest BCUT2D eigenvalue weighted by molar-refractivity contribution is -0.137. The number of hydrogen-bond acceptors (Lipinski definition) is 4. The van der Waals surface area contributed by atoms with E-state index in [4.69, 9.17) is 11.6 Å². The van der Waals surface area contributed by atoms with Crippen molar-refractivity contribution < 1.29 is 22.8 Å². The number of alkyl halides is 3. The van der Waals surface area contributed by atoms with Crippen molar-refractivity contribution in [3.63, 3.8) is 0 Å². The van der Waals surface area contributed by atoms with Crippen molar-refractivity contribution in [3.8, 4) is 0 Å². The quantitative estimate of drug-likeness (QED) is 0.396. The van der Waals surface area contributed by atoms with Crippen LogP contribution in [0.4, 0.5) is 24.5 Å².